The molecule has 31 heavy (non-hydrogen) atoms. The molecule has 1 aliphatic rings. The highest BCUT2D eigenvalue weighted by molar-refractivity contribution is 8.00. The highest BCUT2D eigenvalue weighted by Gasteiger charge is 2.16. The summed E-state index contributed by atoms with van der Waals surface area (Å²) in [5.74, 6) is 0.527. The van der Waals surface area contributed by atoms with E-state index in [2.05, 4.69) is 16.0 Å². The van der Waals surface area contributed by atoms with E-state index in [4.69, 9.17) is 4.42 Å². The van der Waals surface area contributed by atoms with Gasteiger partial charge in [-0.15, -0.1) is 11.8 Å². The third-order valence-corrected chi connectivity index (χ3v) is 6.32. The predicted octanol–water partition coefficient (Wildman–Crippen LogP) is 3.23. The van der Waals surface area contributed by atoms with Crippen LogP contribution in [0.2, 0.25) is 0 Å². The molecule has 0 atom stereocenters. The SMILES string of the molecule is O=C(CSc1ccccc1C(=O)NCCNC(=O)c1ccco1)NCC1CCCCC1. The van der Waals surface area contributed by atoms with Crippen molar-refractivity contribution < 1.29 is 18.8 Å². The van der Waals surface area contributed by atoms with E-state index < -0.39 is 0 Å². The van der Waals surface area contributed by atoms with Gasteiger partial charge in [0.2, 0.25) is 5.91 Å². The van der Waals surface area contributed by atoms with Gasteiger partial charge in [0.1, 0.15) is 0 Å². The summed E-state index contributed by atoms with van der Waals surface area (Å²) in [6.45, 7) is 1.31. The number of rotatable bonds is 10. The van der Waals surface area contributed by atoms with Crippen molar-refractivity contribution in [2.24, 2.45) is 5.92 Å². The monoisotopic (exact) mass is 443 g/mol. The fourth-order valence-corrected chi connectivity index (χ4v) is 4.45. The zero-order valence-electron chi connectivity index (χ0n) is 17.5. The Morgan fingerprint density at radius 3 is 2.39 bits per heavy atom. The number of benzene rings is 1. The number of carbonyl (C=O) groups excluding carboxylic acids is 3. The van der Waals surface area contributed by atoms with E-state index >= 15 is 0 Å². The Morgan fingerprint density at radius 2 is 1.65 bits per heavy atom. The van der Waals surface area contributed by atoms with Gasteiger partial charge >= 0.3 is 0 Å². The summed E-state index contributed by atoms with van der Waals surface area (Å²) in [6, 6.07) is 10.4. The largest absolute Gasteiger partial charge is 0.459 e. The molecule has 0 bridgehead atoms. The van der Waals surface area contributed by atoms with Crippen molar-refractivity contribution in [3.05, 3.63) is 54.0 Å². The highest BCUT2D eigenvalue weighted by Crippen LogP contribution is 2.24. The fourth-order valence-electron chi connectivity index (χ4n) is 3.57. The number of furan rings is 1. The van der Waals surface area contributed by atoms with Gasteiger partial charge in [-0.3, -0.25) is 14.4 Å². The first-order valence-corrected chi connectivity index (χ1v) is 11.7. The Balaban J connectivity index is 1.40. The molecule has 1 aromatic heterocycles. The highest BCUT2D eigenvalue weighted by atomic mass is 32.2. The van der Waals surface area contributed by atoms with Gasteiger partial charge in [0.05, 0.1) is 17.6 Å². The summed E-state index contributed by atoms with van der Waals surface area (Å²) in [4.78, 5) is 37.4. The molecule has 3 N–H and O–H groups in total. The number of carbonyl (C=O) groups is 3. The van der Waals surface area contributed by atoms with Gasteiger partial charge < -0.3 is 20.4 Å². The zero-order chi connectivity index (χ0) is 21.9. The molecule has 0 saturated heterocycles. The third kappa shape index (κ3) is 7.47. The second-order valence-corrected chi connectivity index (χ2v) is 8.60. The van der Waals surface area contributed by atoms with Crippen LogP contribution in [-0.2, 0) is 4.79 Å². The van der Waals surface area contributed by atoms with Crippen LogP contribution in [0.15, 0.2) is 52.0 Å². The molecule has 1 aliphatic carbocycles. The van der Waals surface area contributed by atoms with Crippen LogP contribution in [0.25, 0.3) is 0 Å². The summed E-state index contributed by atoms with van der Waals surface area (Å²) in [7, 11) is 0. The Hall–Kier alpha value is -2.74. The van der Waals surface area contributed by atoms with Crippen LogP contribution in [0.1, 0.15) is 53.0 Å². The maximum atomic E-state index is 12.6. The maximum Gasteiger partial charge on any atom is 0.287 e. The second-order valence-electron chi connectivity index (χ2n) is 7.58. The predicted molar refractivity (Wildman–Crippen MR) is 120 cm³/mol. The van der Waals surface area contributed by atoms with Crippen molar-refractivity contribution in [3.63, 3.8) is 0 Å². The van der Waals surface area contributed by atoms with Gasteiger partial charge in [0.15, 0.2) is 5.76 Å². The standard InChI is InChI=1S/C23H29N3O4S/c27-21(26-15-17-7-2-1-3-8-17)16-31-20-11-5-4-9-18(20)22(28)24-12-13-25-23(29)19-10-6-14-30-19/h4-6,9-11,14,17H,1-3,7-8,12-13,15-16H2,(H,24,28)(H,25,29)(H,26,27). The summed E-state index contributed by atoms with van der Waals surface area (Å²) < 4.78 is 5.02. The first kappa shape index (κ1) is 22.9. The summed E-state index contributed by atoms with van der Waals surface area (Å²) in [5.41, 5.74) is 0.518. The van der Waals surface area contributed by atoms with E-state index in [1.807, 2.05) is 12.1 Å². The van der Waals surface area contributed by atoms with Gasteiger partial charge in [0.25, 0.3) is 11.8 Å². The van der Waals surface area contributed by atoms with Crippen LogP contribution in [0.4, 0.5) is 0 Å². The van der Waals surface area contributed by atoms with Crippen LogP contribution in [0, 0.1) is 5.92 Å². The Labute approximate surface area is 186 Å². The van der Waals surface area contributed by atoms with Crippen LogP contribution < -0.4 is 16.0 Å². The van der Waals surface area contributed by atoms with E-state index in [0.29, 0.717) is 11.5 Å². The molecule has 166 valence electrons. The molecule has 2 aromatic rings. The minimum Gasteiger partial charge on any atom is -0.459 e. The van der Waals surface area contributed by atoms with Crippen LogP contribution in [0.5, 0.6) is 0 Å². The second kappa shape index (κ2) is 12.2. The Morgan fingerprint density at radius 1 is 0.903 bits per heavy atom. The molecule has 0 aliphatic heterocycles. The van der Waals surface area contributed by atoms with Crippen LogP contribution >= 0.6 is 11.8 Å². The van der Waals surface area contributed by atoms with Crippen molar-refractivity contribution in [1.82, 2.24) is 16.0 Å². The quantitative estimate of drug-likeness (QED) is 0.387. The molecule has 8 heteroatoms. The minimum atomic E-state index is -0.325. The lowest BCUT2D eigenvalue weighted by molar-refractivity contribution is -0.118. The molecule has 0 spiro atoms. The molecule has 1 heterocycles. The average Bonchev–Trinajstić information content (AvgIpc) is 3.35. The molecular weight excluding hydrogens is 414 g/mol. The molecule has 1 fully saturated rings. The molecule has 3 rings (SSSR count). The molecule has 7 nitrogen and oxygen atoms in total. The molecule has 3 amide bonds. The van der Waals surface area contributed by atoms with E-state index in [-0.39, 0.29) is 42.3 Å². The maximum absolute atomic E-state index is 12.6. The lowest BCUT2D eigenvalue weighted by Gasteiger charge is -2.21. The van der Waals surface area contributed by atoms with Gasteiger partial charge in [-0.1, -0.05) is 31.4 Å². The molecule has 1 saturated carbocycles. The topological polar surface area (TPSA) is 100 Å². The van der Waals surface area contributed by atoms with Crippen LogP contribution in [-0.4, -0.2) is 43.1 Å². The third-order valence-electron chi connectivity index (χ3n) is 5.24. The minimum absolute atomic E-state index is 0.00794. The molecule has 1 aromatic carbocycles. The number of amides is 3. The number of hydrogen-bond acceptors (Lipinski definition) is 5. The summed E-state index contributed by atoms with van der Waals surface area (Å²) in [6.07, 6.45) is 7.63. The van der Waals surface area contributed by atoms with Crippen molar-refractivity contribution in [2.45, 2.75) is 37.0 Å². The first-order chi connectivity index (χ1) is 15.1. The lowest BCUT2D eigenvalue weighted by atomic mass is 9.89. The van der Waals surface area contributed by atoms with Crippen molar-refractivity contribution in [2.75, 3.05) is 25.4 Å². The van der Waals surface area contributed by atoms with Crippen molar-refractivity contribution in [3.8, 4) is 0 Å². The van der Waals surface area contributed by atoms with Crippen molar-refractivity contribution >= 4 is 29.5 Å². The lowest BCUT2D eigenvalue weighted by Crippen LogP contribution is -2.34. The average molecular weight is 444 g/mol. The number of nitrogens with one attached hydrogen (secondary N) is 3. The normalized spacial score (nSPS) is 14.1. The first-order valence-electron chi connectivity index (χ1n) is 10.7. The zero-order valence-corrected chi connectivity index (χ0v) is 18.3. The van der Waals surface area contributed by atoms with E-state index in [0.717, 1.165) is 11.4 Å². The summed E-state index contributed by atoms with van der Waals surface area (Å²) >= 11 is 1.36. The number of hydrogen-bond donors (Lipinski definition) is 3. The molecule has 0 unspecified atom stereocenters. The Bertz CT molecular complexity index is 863. The van der Waals surface area contributed by atoms with Gasteiger partial charge in [-0.2, -0.15) is 0 Å². The van der Waals surface area contributed by atoms with E-state index in [9.17, 15) is 14.4 Å². The van der Waals surface area contributed by atoms with Gasteiger partial charge in [-0.25, -0.2) is 0 Å². The van der Waals surface area contributed by atoms with Gasteiger partial charge in [0, 0.05) is 24.5 Å². The smallest absolute Gasteiger partial charge is 0.287 e. The summed E-state index contributed by atoms with van der Waals surface area (Å²) in [5, 5.41) is 8.51. The van der Waals surface area contributed by atoms with Crippen LogP contribution in [0.3, 0.4) is 0 Å². The Kier molecular flexibility index (Phi) is 9.02. The molecule has 0 radical (unpaired) electrons. The van der Waals surface area contributed by atoms with Gasteiger partial charge in [-0.05, 0) is 43.0 Å². The number of thioether (sulfide) groups is 1. The molecular formula is C23H29N3O4S. The van der Waals surface area contributed by atoms with E-state index in [1.165, 1.54) is 50.1 Å². The fraction of sp³-hybridized carbons (Fsp3) is 0.435. The van der Waals surface area contributed by atoms with E-state index in [1.54, 1.807) is 24.3 Å². The van der Waals surface area contributed by atoms with Crippen molar-refractivity contribution in [1.29, 1.82) is 0 Å².